The molecule has 0 spiro atoms. The van der Waals surface area contributed by atoms with Crippen molar-refractivity contribution in [2.75, 3.05) is 36.8 Å². The molecule has 3 rings (SSSR count). The number of likely N-dealkylation sites (tertiary alicyclic amines) is 1. The van der Waals surface area contributed by atoms with Crippen molar-refractivity contribution in [1.82, 2.24) is 4.90 Å². The molecule has 5 nitrogen and oxygen atoms in total. The van der Waals surface area contributed by atoms with Gasteiger partial charge in [0.05, 0.1) is 0 Å². The fourth-order valence-corrected chi connectivity index (χ4v) is 3.36. The standard InChI is InChI=1S/C17H25N3O2/c1-17(2,3)22-16(21)20-10-12-8-19(9-13(12)11-20)15-6-4-14(18)5-7-15/h4-7,12-13H,8-11,18H2,1-3H3/t12-,13-/m0/s1. The van der Waals surface area contributed by atoms with Gasteiger partial charge in [-0.3, -0.25) is 0 Å². The molecule has 2 aliphatic rings. The molecule has 2 heterocycles. The summed E-state index contributed by atoms with van der Waals surface area (Å²) in [5, 5.41) is 0. The average molecular weight is 303 g/mol. The minimum Gasteiger partial charge on any atom is -0.444 e. The van der Waals surface area contributed by atoms with Crippen molar-refractivity contribution in [3.63, 3.8) is 0 Å². The topological polar surface area (TPSA) is 58.8 Å². The average Bonchev–Trinajstić information content (AvgIpc) is 2.95. The van der Waals surface area contributed by atoms with Crippen LogP contribution in [0.2, 0.25) is 0 Å². The van der Waals surface area contributed by atoms with E-state index in [2.05, 4.69) is 17.0 Å². The zero-order valence-electron chi connectivity index (χ0n) is 13.6. The zero-order chi connectivity index (χ0) is 15.9. The highest BCUT2D eigenvalue weighted by molar-refractivity contribution is 5.68. The van der Waals surface area contributed by atoms with Gasteiger partial charge in [-0.1, -0.05) is 0 Å². The van der Waals surface area contributed by atoms with E-state index >= 15 is 0 Å². The van der Waals surface area contributed by atoms with E-state index in [4.69, 9.17) is 10.5 Å². The van der Waals surface area contributed by atoms with Crippen LogP contribution in [0.15, 0.2) is 24.3 Å². The molecule has 2 fully saturated rings. The number of carbonyl (C=O) groups is 1. The minimum absolute atomic E-state index is 0.180. The molecule has 1 amide bonds. The molecule has 0 radical (unpaired) electrons. The second kappa shape index (κ2) is 5.38. The number of amides is 1. The summed E-state index contributed by atoms with van der Waals surface area (Å²) in [5.41, 5.74) is 7.32. The first-order valence-corrected chi connectivity index (χ1v) is 7.90. The van der Waals surface area contributed by atoms with Crippen LogP contribution in [0.5, 0.6) is 0 Å². The monoisotopic (exact) mass is 303 g/mol. The zero-order valence-corrected chi connectivity index (χ0v) is 13.6. The van der Waals surface area contributed by atoms with Crippen molar-refractivity contribution < 1.29 is 9.53 Å². The Morgan fingerprint density at radius 3 is 2.14 bits per heavy atom. The molecule has 2 saturated heterocycles. The van der Waals surface area contributed by atoms with Gasteiger partial charge in [0.1, 0.15) is 5.60 Å². The van der Waals surface area contributed by atoms with Crippen LogP contribution in [-0.2, 0) is 4.74 Å². The summed E-state index contributed by atoms with van der Waals surface area (Å²) in [5.74, 6) is 1.06. The van der Waals surface area contributed by atoms with Crippen LogP contribution in [0.1, 0.15) is 20.8 Å². The Bertz CT molecular complexity index is 536. The SMILES string of the molecule is CC(C)(C)OC(=O)N1C[C@@H]2CN(c3ccc(N)cc3)C[C@H]2C1. The Morgan fingerprint density at radius 1 is 1.09 bits per heavy atom. The highest BCUT2D eigenvalue weighted by Crippen LogP contribution is 2.34. The van der Waals surface area contributed by atoms with E-state index in [1.807, 2.05) is 37.8 Å². The normalized spacial score (nSPS) is 24.5. The first-order valence-electron chi connectivity index (χ1n) is 7.90. The number of fused-ring (bicyclic) bond motifs is 1. The maximum absolute atomic E-state index is 12.2. The lowest BCUT2D eigenvalue weighted by molar-refractivity contribution is 0.0282. The quantitative estimate of drug-likeness (QED) is 0.810. The molecule has 0 aromatic heterocycles. The molecule has 2 aliphatic heterocycles. The van der Waals surface area contributed by atoms with Crippen LogP contribution in [0, 0.1) is 11.8 Å². The molecule has 1 aromatic carbocycles. The Labute approximate surface area is 132 Å². The molecule has 1 aromatic rings. The van der Waals surface area contributed by atoms with Gasteiger partial charge in [0.25, 0.3) is 0 Å². The van der Waals surface area contributed by atoms with Crippen molar-refractivity contribution in [2.45, 2.75) is 26.4 Å². The molecule has 2 atom stereocenters. The van der Waals surface area contributed by atoms with Crippen LogP contribution in [-0.4, -0.2) is 42.8 Å². The van der Waals surface area contributed by atoms with E-state index in [0.29, 0.717) is 11.8 Å². The summed E-state index contributed by atoms with van der Waals surface area (Å²) in [6.45, 7) is 9.30. The van der Waals surface area contributed by atoms with Gasteiger partial charge in [-0.15, -0.1) is 0 Å². The Kier molecular flexibility index (Phi) is 3.67. The van der Waals surface area contributed by atoms with Crippen molar-refractivity contribution in [3.05, 3.63) is 24.3 Å². The maximum Gasteiger partial charge on any atom is 0.410 e. The lowest BCUT2D eigenvalue weighted by Gasteiger charge is -2.26. The Hall–Kier alpha value is -1.91. The number of hydrogen-bond acceptors (Lipinski definition) is 4. The number of benzene rings is 1. The molecule has 2 N–H and O–H groups in total. The van der Waals surface area contributed by atoms with Gasteiger partial charge in [-0.05, 0) is 45.0 Å². The van der Waals surface area contributed by atoms with E-state index in [-0.39, 0.29) is 6.09 Å². The summed E-state index contributed by atoms with van der Waals surface area (Å²) < 4.78 is 5.47. The lowest BCUT2D eigenvalue weighted by Crippen LogP contribution is -2.37. The fourth-order valence-electron chi connectivity index (χ4n) is 3.36. The molecule has 0 aliphatic carbocycles. The maximum atomic E-state index is 12.2. The van der Waals surface area contributed by atoms with Gasteiger partial charge >= 0.3 is 6.09 Å². The highest BCUT2D eigenvalue weighted by atomic mass is 16.6. The second-order valence-corrected chi connectivity index (χ2v) is 7.40. The van der Waals surface area contributed by atoms with E-state index < -0.39 is 5.60 Å². The van der Waals surface area contributed by atoms with Crippen molar-refractivity contribution >= 4 is 17.5 Å². The number of anilines is 2. The van der Waals surface area contributed by atoms with E-state index in [9.17, 15) is 4.79 Å². The highest BCUT2D eigenvalue weighted by Gasteiger charge is 2.42. The third kappa shape index (κ3) is 3.13. The van der Waals surface area contributed by atoms with E-state index in [0.717, 1.165) is 31.9 Å². The minimum atomic E-state index is -0.426. The van der Waals surface area contributed by atoms with Crippen LogP contribution >= 0.6 is 0 Å². The van der Waals surface area contributed by atoms with Gasteiger partial charge in [-0.25, -0.2) is 4.79 Å². The van der Waals surface area contributed by atoms with Gasteiger partial charge in [-0.2, -0.15) is 0 Å². The van der Waals surface area contributed by atoms with Crippen LogP contribution in [0.4, 0.5) is 16.2 Å². The Balaban J connectivity index is 1.58. The summed E-state index contributed by atoms with van der Waals surface area (Å²) >= 11 is 0. The third-order valence-electron chi connectivity index (χ3n) is 4.40. The smallest absolute Gasteiger partial charge is 0.410 e. The van der Waals surface area contributed by atoms with Crippen LogP contribution < -0.4 is 10.6 Å². The number of ether oxygens (including phenoxy) is 1. The molecular weight excluding hydrogens is 278 g/mol. The molecule has 120 valence electrons. The molecule has 5 heteroatoms. The van der Waals surface area contributed by atoms with Crippen LogP contribution in [0.25, 0.3) is 0 Å². The summed E-state index contributed by atoms with van der Waals surface area (Å²) in [7, 11) is 0. The van der Waals surface area contributed by atoms with Gasteiger partial charge in [0.2, 0.25) is 0 Å². The molecule has 22 heavy (non-hydrogen) atoms. The fraction of sp³-hybridized carbons (Fsp3) is 0.588. The largest absolute Gasteiger partial charge is 0.444 e. The number of nitrogen functional groups attached to an aromatic ring is 1. The van der Waals surface area contributed by atoms with Gasteiger partial charge in [0, 0.05) is 49.4 Å². The summed E-state index contributed by atoms with van der Waals surface area (Å²) in [6.07, 6.45) is -0.180. The lowest BCUT2D eigenvalue weighted by atomic mass is 10.0. The Morgan fingerprint density at radius 2 is 1.64 bits per heavy atom. The molecular formula is C17H25N3O2. The molecule has 0 saturated carbocycles. The van der Waals surface area contributed by atoms with Crippen molar-refractivity contribution in [2.24, 2.45) is 11.8 Å². The number of hydrogen-bond donors (Lipinski definition) is 1. The predicted octanol–water partition coefficient (Wildman–Crippen LogP) is 2.57. The van der Waals surface area contributed by atoms with Crippen molar-refractivity contribution in [1.29, 1.82) is 0 Å². The predicted molar refractivity (Wildman–Crippen MR) is 87.9 cm³/mol. The second-order valence-electron chi connectivity index (χ2n) is 7.40. The summed E-state index contributed by atoms with van der Waals surface area (Å²) in [4.78, 5) is 16.4. The number of nitrogens with two attached hydrogens (primary N) is 1. The number of nitrogens with zero attached hydrogens (tertiary/aromatic N) is 2. The summed E-state index contributed by atoms with van der Waals surface area (Å²) in [6, 6.07) is 8.02. The van der Waals surface area contributed by atoms with E-state index in [1.54, 1.807) is 0 Å². The van der Waals surface area contributed by atoms with Crippen molar-refractivity contribution in [3.8, 4) is 0 Å². The van der Waals surface area contributed by atoms with Gasteiger partial charge < -0.3 is 20.3 Å². The molecule has 0 unspecified atom stereocenters. The van der Waals surface area contributed by atoms with E-state index in [1.165, 1.54) is 5.69 Å². The van der Waals surface area contributed by atoms with Gasteiger partial charge in [0.15, 0.2) is 0 Å². The first kappa shape index (κ1) is 15.0. The number of rotatable bonds is 1. The third-order valence-corrected chi connectivity index (χ3v) is 4.40. The molecule has 0 bridgehead atoms. The number of carbonyl (C=O) groups excluding carboxylic acids is 1. The first-order chi connectivity index (χ1) is 10.3. The van der Waals surface area contributed by atoms with Crippen LogP contribution in [0.3, 0.4) is 0 Å².